The van der Waals surface area contributed by atoms with Gasteiger partial charge in [-0.2, -0.15) is 0 Å². The van der Waals surface area contributed by atoms with E-state index >= 15 is 8.78 Å². The number of carbonyl (C=O) groups is 2. The van der Waals surface area contributed by atoms with E-state index in [1.807, 2.05) is 4.90 Å². The average Bonchev–Trinajstić information content (AvgIpc) is 3.48. The van der Waals surface area contributed by atoms with Gasteiger partial charge in [-0.15, -0.1) is 5.53 Å². The summed E-state index contributed by atoms with van der Waals surface area (Å²) in [6, 6.07) is -1.17. The summed E-state index contributed by atoms with van der Waals surface area (Å²) in [6.45, 7) is 12.4. The van der Waals surface area contributed by atoms with Crippen molar-refractivity contribution in [3.8, 4) is 0 Å². The second-order valence-corrected chi connectivity index (χ2v) is 14.8. The molecule has 4 saturated heterocycles. The van der Waals surface area contributed by atoms with Crippen molar-refractivity contribution < 1.29 is 18.4 Å². The van der Waals surface area contributed by atoms with Gasteiger partial charge >= 0.3 is 6.03 Å². The lowest BCUT2D eigenvalue weighted by Crippen LogP contribution is -2.81. The van der Waals surface area contributed by atoms with Gasteiger partial charge in [0.2, 0.25) is 5.91 Å². The summed E-state index contributed by atoms with van der Waals surface area (Å²) < 4.78 is 32.7. The zero-order valence-electron chi connectivity index (χ0n) is 26.8. The molecule has 12 atom stereocenters. The number of allylic oxidation sites excluding steroid dienone is 1. The van der Waals surface area contributed by atoms with Crippen LogP contribution in [-0.2, 0) is 4.79 Å². The van der Waals surface area contributed by atoms with Gasteiger partial charge in [-0.3, -0.25) is 20.0 Å². The van der Waals surface area contributed by atoms with Crippen LogP contribution in [0.25, 0.3) is 0 Å². The van der Waals surface area contributed by atoms with Gasteiger partial charge in [0.25, 0.3) is 0 Å². The molecule has 3 amide bonds. The normalized spacial score (nSPS) is 43.6. The molecule has 7 aliphatic rings. The summed E-state index contributed by atoms with van der Waals surface area (Å²) in [7, 11) is 0. The van der Waals surface area contributed by atoms with Gasteiger partial charge < -0.3 is 25.9 Å². The topological polar surface area (TPSA) is 107 Å². The van der Waals surface area contributed by atoms with Crippen LogP contribution in [0.3, 0.4) is 0 Å². The van der Waals surface area contributed by atoms with Crippen molar-refractivity contribution in [2.24, 2.45) is 23.7 Å². The number of halogens is 2. The summed E-state index contributed by atoms with van der Waals surface area (Å²) in [5.41, 5.74) is 7.71. The average molecular weight is 632 g/mol. The predicted molar refractivity (Wildman–Crippen MR) is 166 cm³/mol. The predicted octanol–water partition coefficient (Wildman–Crippen LogP) is 1.78. The van der Waals surface area contributed by atoms with Gasteiger partial charge in [0.15, 0.2) is 0 Å². The van der Waals surface area contributed by atoms with Crippen LogP contribution in [-0.4, -0.2) is 113 Å². The first-order chi connectivity index (χ1) is 21.7. The van der Waals surface area contributed by atoms with E-state index in [-0.39, 0.29) is 60.3 Å². The number of hydrogen-bond donors (Lipinski definition) is 5. The van der Waals surface area contributed by atoms with Crippen molar-refractivity contribution in [3.63, 3.8) is 0 Å². The Balaban J connectivity index is 1.29. The Morgan fingerprint density at radius 1 is 1.13 bits per heavy atom. The molecule has 11 unspecified atom stereocenters. The van der Waals surface area contributed by atoms with E-state index in [1.165, 1.54) is 6.08 Å². The van der Waals surface area contributed by atoms with Gasteiger partial charge in [0.1, 0.15) is 12.3 Å². The molecule has 0 spiro atoms. The molecule has 0 aromatic heterocycles. The monoisotopic (exact) mass is 631 g/mol. The highest BCUT2D eigenvalue weighted by atomic mass is 19.1. The molecule has 45 heavy (non-hydrogen) atoms. The van der Waals surface area contributed by atoms with E-state index in [0.717, 1.165) is 31.5 Å². The lowest BCUT2D eigenvalue weighted by molar-refractivity contribution is -0.132. The summed E-state index contributed by atoms with van der Waals surface area (Å²) in [5.74, 6) is -0.635. The highest BCUT2D eigenvalue weighted by molar-refractivity contribution is 5.87. The fourth-order valence-corrected chi connectivity index (χ4v) is 9.87. The highest BCUT2D eigenvalue weighted by Crippen LogP contribution is 2.45. The molecule has 5 N–H and O–H groups in total. The number of amides is 3. The molecular weight excluding hydrogens is 580 g/mol. The minimum absolute atomic E-state index is 0.000905. The Hall–Kier alpha value is -2.48. The number of hydrazine groups is 2. The third-order valence-electron chi connectivity index (χ3n) is 11.9. The Morgan fingerprint density at radius 3 is 2.71 bits per heavy atom. The van der Waals surface area contributed by atoms with Crippen LogP contribution in [0.5, 0.6) is 0 Å². The van der Waals surface area contributed by atoms with Crippen LogP contribution >= 0.6 is 0 Å². The Kier molecular flexibility index (Phi) is 8.49. The molecule has 0 aromatic rings. The quantitative estimate of drug-likeness (QED) is 0.301. The highest BCUT2D eigenvalue weighted by Gasteiger charge is 2.58. The maximum atomic E-state index is 16.7. The zero-order valence-corrected chi connectivity index (χ0v) is 26.8. The smallest absolute Gasteiger partial charge is 0.320 e. The number of hydrogen-bond acceptors (Lipinski definition) is 8. The second-order valence-electron chi connectivity index (χ2n) is 14.8. The number of nitrogens with zero attached hydrogens (tertiary/aromatic N) is 4. The zero-order chi connectivity index (χ0) is 31.6. The molecular formula is C32H51F2N9O2. The van der Waals surface area contributed by atoms with Crippen molar-refractivity contribution in [1.29, 1.82) is 0 Å². The molecule has 11 nitrogen and oxygen atoms in total. The maximum absolute atomic E-state index is 16.7. The van der Waals surface area contributed by atoms with Crippen LogP contribution < -0.4 is 26.9 Å². The molecule has 7 rings (SSSR count). The summed E-state index contributed by atoms with van der Waals surface area (Å²) in [4.78, 5) is 32.9. The van der Waals surface area contributed by atoms with Crippen molar-refractivity contribution in [2.45, 2.75) is 114 Å². The standard InChI is InChI=1S/C32H51F2N9O2/c1-5-25(44)40-11-12-41(18(4)15-40)30-21-14-23(34)28-26-19(7-6-8-22(26)33)13-20-16-42(39-38-20)24-9-10-35-27(17(2)3)29(24)43(31(21)36-28)32(45)37-30/h5,16-19,21-24,26-31,35-36,38-39H,1,6-15H2,2-4H3,(H,37,45)/t18-,19?,21?,22?,23?,24?,26?,27?,28?,29?,30?,31?/m0/s1. The van der Waals surface area contributed by atoms with E-state index in [9.17, 15) is 9.59 Å². The molecule has 6 aliphatic heterocycles. The number of alkyl halides is 2. The third-order valence-corrected chi connectivity index (χ3v) is 11.9. The number of piperazine rings is 1. The Labute approximate surface area is 265 Å². The summed E-state index contributed by atoms with van der Waals surface area (Å²) >= 11 is 0. The fraction of sp³-hybridized carbons (Fsp3) is 0.812. The molecule has 5 fully saturated rings. The molecule has 4 bridgehead atoms. The second kappa shape index (κ2) is 12.3. The van der Waals surface area contributed by atoms with Crippen LogP contribution in [0, 0.1) is 23.7 Å². The largest absolute Gasteiger partial charge is 0.336 e. The van der Waals surface area contributed by atoms with E-state index in [4.69, 9.17) is 0 Å². The van der Waals surface area contributed by atoms with E-state index < -0.39 is 36.6 Å². The first-order valence-corrected chi connectivity index (χ1v) is 17.2. The minimum atomic E-state index is -1.25. The molecule has 0 aromatic carbocycles. The van der Waals surface area contributed by atoms with Gasteiger partial charge in [-0.25, -0.2) is 13.6 Å². The van der Waals surface area contributed by atoms with Crippen LogP contribution in [0.2, 0.25) is 0 Å². The lowest BCUT2D eigenvalue weighted by atomic mass is 9.68. The molecule has 1 saturated carbocycles. The summed E-state index contributed by atoms with van der Waals surface area (Å²) in [6.07, 6.45) is 4.01. The first kappa shape index (κ1) is 31.1. The number of urea groups is 1. The third kappa shape index (κ3) is 5.41. The molecule has 1 aliphatic carbocycles. The first-order valence-electron chi connectivity index (χ1n) is 17.2. The van der Waals surface area contributed by atoms with E-state index in [2.05, 4.69) is 70.4 Å². The van der Waals surface area contributed by atoms with Crippen molar-refractivity contribution in [3.05, 3.63) is 24.6 Å². The number of rotatable bonds is 3. The van der Waals surface area contributed by atoms with Gasteiger partial charge in [-0.05, 0) is 63.5 Å². The number of fused-ring (bicyclic) bond motifs is 7. The number of piperidine rings is 2. The lowest BCUT2D eigenvalue weighted by Gasteiger charge is -2.60. The van der Waals surface area contributed by atoms with Gasteiger partial charge in [-0.1, -0.05) is 26.8 Å². The number of nitrogens with one attached hydrogen (secondary N) is 5. The SMILES string of the molecule is C=CC(=O)N1CCN(C2NC(=O)N3C4NC(C(F)CC42)C2C(F)CCCC2CC2=CN(NN2)C2CCNC(C(C)C)C23)[C@@H](C)C1. The van der Waals surface area contributed by atoms with Gasteiger partial charge in [0, 0.05) is 61.5 Å². The number of carbonyl (C=O) groups excluding carboxylic acids is 2. The maximum Gasteiger partial charge on any atom is 0.320 e. The van der Waals surface area contributed by atoms with E-state index in [1.54, 1.807) is 4.90 Å². The summed E-state index contributed by atoms with van der Waals surface area (Å²) in [5, 5.41) is 12.9. The van der Waals surface area contributed by atoms with Crippen LogP contribution in [0.4, 0.5) is 13.6 Å². The van der Waals surface area contributed by atoms with Crippen molar-refractivity contribution in [2.75, 3.05) is 26.2 Å². The van der Waals surface area contributed by atoms with Gasteiger partial charge in [0.05, 0.1) is 24.4 Å². The van der Waals surface area contributed by atoms with Crippen LogP contribution in [0.1, 0.15) is 59.3 Å². The van der Waals surface area contributed by atoms with Crippen molar-refractivity contribution >= 4 is 11.9 Å². The molecule has 0 radical (unpaired) electrons. The minimum Gasteiger partial charge on any atom is -0.336 e. The molecule has 250 valence electrons. The fourth-order valence-electron chi connectivity index (χ4n) is 9.87. The van der Waals surface area contributed by atoms with Crippen molar-refractivity contribution in [1.82, 2.24) is 46.6 Å². The molecule has 13 heteroatoms. The Morgan fingerprint density at radius 2 is 1.96 bits per heavy atom. The van der Waals surface area contributed by atoms with E-state index in [0.29, 0.717) is 32.5 Å². The Bertz CT molecular complexity index is 1190. The van der Waals surface area contributed by atoms with Crippen LogP contribution in [0.15, 0.2) is 24.6 Å². The molecule has 6 heterocycles.